The first kappa shape index (κ1) is 27.6. The molecule has 0 radical (unpaired) electrons. The fraction of sp³-hybridized carbons (Fsp3) is 0.419. The molecule has 3 N–H and O–H groups in total. The minimum atomic E-state index is -0.882. The van der Waals surface area contributed by atoms with Crippen LogP contribution in [0.5, 0.6) is 0 Å². The molecule has 5 rings (SSSR count). The number of aryl methyl sites for hydroxylation is 2. The second kappa shape index (κ2) is 10.5. The maximum atomic E-state index is 13.8. The maximum absolute atomic E-state index is 13.8. The number of nitrogens with one attached hydrogen (secondary N) is 3. The van der Waals surface area contributed by atoms with Crippen LogP contribution in [0.25, 0.3) is 11.1 Å². The third-order valence-corrected chi connectivity index (χ3v) is 7.96. The number of H-pyrrole nitrogens is 1. The molecule has 40 heavy (non-hydrogen) atoms. The lowest BCUT2D eigenvalue weighted by Crippen LogP contribution is -2.43. The number of aromatic nitrogens is 2. The SMILES string of the molecule is Cc1cc(C)c(CNC(=O)c2cc(-c3ccc(N4CCNCC4)nc3)cc3c2C(C)(C)C(=O)N3C(C)C)c(=O)[nH]1. The molecular weight excluding hydrogens is 504 g/mol. The number of pyridine rings is 2. The number of hydrogen-bond donors (Lipinski definition) is 3. The topological polar surface area (TPSA) is 110 Å². The van der Waals surface area contributed by atoms with E-state index in [9.17, 15) is 14.4 Å². The summed E-state index contributed by atoms with van der Waals surface area (Å²) in [5, 5.41) is 6.31. The largest absolute Gasteiger partial charge is 0.354 e. The van der Waals surface area contributed by atoms with Gasteiger partial charge >= 0.3 is 0 Å². The van der Waals surface area contributed by atoms with E-state index in [4.69, 9.17) is 4.98 Å². The lowest BCUT2D eigenvalue weighted by molar-refractivity contribution is -0.122. The zero-order valence-corrected chi connectivity index (χ0v) is 24.1. The number of amides is 2. The summed E-state index contributed by atoms with van der Waals surface area (Å²) in [5.74, 6) is 0.555. The second-order valence-corrected chi connectivity index (χ2v) is 11.6. The number of carbonyl (C=O) groups is 2. The number of benzene rings is 1. The number of fused-ring (bicyclic) bond motifs is 1. The molecule has 0 atom stereocenters. The highest BCUT2D eigenvalue weighted by atomic mass is 16.2. The molecule has 2 aromatic heterocycles. The molecule has 0 aliphatic carbocycles. The van der Waals surface area contributed by atoms with Gasteiger partial charge in [0, 0.05) is 78.6 Å². The first-order chi connectivity index (χ1) is 19.0. The summed E-state index contributed by atoms with van der Waals surface area (Å²) >= 11 is 0. The van der Waals surface area contributed by atoms with Crippen LogP contribution >= 0.6 is 0 Å². The number of aromatic amines is 1. The standard InChI is InChI=1S/C31H38N6O3/c1-18(2)37-25-15-22(21-7-8-26(33-16-21)36-11-9-32-10-12-36)14-23(27(25)31(5,6)30(37)40)28(38)34-17-24-19(3)13-20(4)35-29(24)39/h7-8,13-16,18,32H,9-12,17H2,1-6H3,(H,34,38)(H,35,39). The minimum Gasteiger partial charge on any atom is -0.354 e. The van der Waals surface area contributed by atoms with Crippen molar-refractivity contribution in [2.75, 3.05) is 36.0 Å². The van der Waals surface area contributed by atoms with Gasteiger partial charge in [-0.3, -0.25) is 14.4 Å². The van der Waals surface area contributed by atoms with Crippen molar-refractivity contribution >= 4 is 23.3 Å². The number of piperazine rings is 1. The van der Waals surface area contributed by atoms with Crippen molar-refractivity contribution in [2.45, 2.75) is 59.5 Å². The van der Waals surface area contributed by atoms with E-state index in [1.165, 1.54) is 0 Å². The molecule has 2 aliphatic heterocycles. The fourth-order valence-electron chi connectivity index (χ4n) is 5.85. The summed E-state index contributed by atoms with van der Waals surface area (Å²) in [6.07, 6.45) is 1.83. The molecular formula is C31H38N6O3. The molecule has 3 aromatic rings. The van der Waals surface area contributed by atoms with E-state index in [2.05, 4.69) is 20.5 Å². The summed E-state index contributed by atoms with van der Waals surface area (Å²) in [5.41, 5.74) is 4.55. The highest BCUT2D eigenvalue weighted by Crippen LogP contribution is 2.46. The minimum absolute atomic E-state index is 0.0401. The summed E-state index contributed by atoms with van der Waals surface area (Å²) in [6.45, 7) is 15.1. The third-order valence-electron chi connectivity index (χ3n) is 7.96. The molecule has 9 heteroatoms. The zero-order chi connectivity index (χ0) is 28.8. The average Bonchev–Trinajstić information content (AvgIpc) is 3.12. The van der Waals surface area contributed by atoms with Crippen molar-refractivity contribution in [3.05, 3.63) is 74.8 Å². The third kappa shape index (κ3) is 4.90. The van der Waals surface area contributed by atoms with Crippen LogP contribution in [0.4, 0.5) is 11.5 Å². The van der Waals surface area contributed by atoms with E-state index in [0.29, 0.717) is 16.7 Å². The van der Waals surface area contributed by atoms with Gasteiger partial charge in [-0.25, -0.2) is 4.98 Å². The van der Waals surface area contributed by atoms with Crippen LogP contribution in [0.2, 0.25) is 0 Å². The molecule has 1 saturated heterocycles. The first-order valence-electron chi connectivity index (χ1n) is 13.9. The second-order valence-electron chi connectivity index (χ2n) is 11.6. The monoisotopic (exact) mass is 542 g/mol. The molecule has 0 unspecified atom stereocenters. The van der Waals surface area contributed by atoms with Gasteiger partial charge in [-0.1, -0.05) is 0 Å². The lowest BCUT2D eigenvalue weighted by atomic mass is 9.81. The first-order valence-corrected chi connectivity index (χ1v) is 13.9. The quantitative estimate of drug-likeness (QED) is 0.440. The van der Waals surface area contributed by atoms with Crippen molar-refractivity contribution in [2.24, 2.45) is 0 Å². The van der Waals surface area contributed by atoms with Crippen LogP contribution in [0.15, 0.2) is 41.3 Å². The summed E-state index contributed by atoms with van der Waals surface area (Å²) in [4.78, 5) is 51.5. The van der Waals surface area contributed by atoms with E-state index in [1.807, 2.05) is 78.1 Å². The fourth-order valence-corrected chi connectivity index (χ4v) is 5.85. The van der Waals surface area contributed by atoms with Gasteiger partial charge in [0.1, 0.15) is 5.82 Å². The Morgan fingerprint density at radius 1 is 1.07 bits per heavy atom. The van der Waals surface area contributed by atoms with Crippen LogP contribution in [-0.4, -0.2) is 54.0 Å². The Kier molecular flexibility index (Phi) is 7.27. The van der Waals surface area contributed by atoms with Crippen LogP contribution in [0.1, 0.15) is 60.4 Å². The van der Waals surface area contributed by atoms with Crippen molar-refractivity contribution in [1.82, 2.24) is 20.6 Å². The smallest absolute Gasteiger partial charge is 0.253 e. The Hall–Kier alpha value is -3.98. The van der Waals surface area contributed by atoms with Crippen molar-refractivity contribution in [3.8, 4) is 11.1 Å². The summed E-state index contributed by atoms with van der Waals surface area (Å²) < 4.78 is 0. The van der Waals surface area contributed by atoms with Crippen molar-refractivity contribution < 1.29 is 9.59 Å². The molecule has 0 saturated carbocycles. The number of hydrogen-bond acceptors (Lipinski definition) is 6. The Balaban J connectivity index is 1.56. The van der Waals surface area contributed by atoms with E-state index >= 15 is 0 Å². The Bertz CT molecular complexity index is 1520. The molecule has 2 amide bonds. The van der Waals surface area contributed by atoms with Gasteiger partial charge in [-0.15, -0.1) is 0 Å². The number of nitrogens with zero attached hydrogens (tertiary/aromatic N) is 3. The molecule has 2 aliphatic rings. The zero-order valence-electron chi connectivity index (χ0n) is 24.1. The van der Waals surface area contributed by atoms with Crippen LogP contribution < -0.4 is 26.0 Å². The van der Waals surface area contributed by atoms with Gasteiger partial charge in [0.05, 0.1) is 5.41 Å². The molecule has 210 valence electrons. The van der Waals surface area contributed by atoms with E-state index < -0.39 is 5.41 Å². The maximum Gasteiger partial charge on any atom is 0.253 e. The van der Waals surface area contributed by atoms with Gasteiger partial charge in [-0.2, -0.15) is 0 Å². The molecule has 1 aromatic carbocycles. The highest BCUT2D eigenvalue weighted by Gasteiger charge is 2.47. The molecule has 4 heterocycles. The number of carbonyl (C=O) groups excluding carboxylic acids is 2. The average molecular weight is 543 g/mol. The Labute approximate surface area is 235 Å². The summed E-state index contributed by atoms with van der Waals surface area (Å²) in [7, 11) is 0. The van der Waals surface area contributed by atoms with Gasteiger partial charge in [-0.05, 0) is 83.0 Å². The van der Waals surface area contributed by atoms with E-state index in [1.54, 1.807) is 4.90 Å². The van der Waals surface area contributed by atoms with Gasteiger partial charge < -0.3 is 25.4 Å². The molecule has 0 spiro atoms. The van der Waals surface area contributed by atoms with Crippen LogP contribution in [0, 0.1) is 13.8 Å². The van der Waals surface area contributed by atoms with Gasteiger partial charge in [0.25, 0.3) is 11.5 Å². The lowest BCUT2D eigenvalue weighted by Gasteiger charge is -2.28. The van der Waals surface area contributed by atoms with E-state index in [0.717, 1.165) is 60.1 Å². The van der Waals surface area contributed by atoms with Crippen molar-refractivity contribution in [1.29, 1.82) is 0 Å². The summed E-state index contributed by atoms with van der Waals surface area (Å²) in [6, 6.07) is 9.68. The number of rotatable bonds is 6. The van der Waals surface area contributed by atoms with Crippen LogP contribution in [-0.2, 0) is 16.8 Å². The normalized spacial score (nSPS) is 16.4. The Morgan fingerprint density at radius 2 is 1.80 bits per heavy atom. The highest BCUT2D eigenvalue weighted by molar-refractivity contribution is 6.13. The number of anilines is 2. The van der Waals surface area contributed by atoms with Gasteiger partial charge in [0.2, 0.25) is 5.91 Å². The molecule has 9 nitrogen and oxygen atoms in total. The Morgan fingerprint density at radius 3 is 2.42 bits per heavy atom. The predicted octanol–water partition coefficient (Wildman–Crippen LogP) is 3.43. The molecule has 1 fully saturated rings. The van der Waals surface area contributed by atoms with E-state index in [-0.39, 0.29) is 30.0 Å². The predicted molar refractivity (Wildman–Crippen MR) is 158 cm³/mol. The molecule has 0 bridgehead atoms. The van der Waals surface area contributed by atoms with Crippen LogP contribution in [0.3, 0.4) is 0 Å². The van der Waals surface area contributed by atoms with Gasteiger partial charge in [0.15, 0.2) is 0 Å². The van der Waals surface area contributed by atoms with Crippen molar-refractivity contribution in [3.63, 3.8) is 0 Å².